The first-order valence-corrected chi connectivity index (χ1v) is 4.09. The molecule has 2 aromatic rings. The Hall–Kier alpha value is -1.77. The fraction of sp³-hybridized carbons (Fsp3) is 0.100. The zero-order valence-corrected chi connectivity index (χ0v) is 7.41. The van der Waals surface area contributed by atoms with Crippen LogP contribution in [0.5, 0.6) is 0 Å². The minimum absolute atomic E-state index is 0.540. The fourth-order valence-corrected chi connectivity index (χ4v) is 1.41. The lowest BCUT2D eigenvalue weighted by molar-refractivity contribution is 1.37. The lowest BCUT2D eigenvalue weighted by Crippen LogP contribution is -1.97. The lowest BCUT2D eigenvalue weighted by Gasteiger charge is -2.05. The molecular weight excluding hydrogens is 162 g/mol. The van der Waals surface area contributed by atoms with Crippen molar-refractivity contribution < 1.29 is 0 Å². The highest BCUT2D eigenvalue weighted by Crippen LogP contribution is 2.25. The number of fused-ring (bicyclic) bond motifs is 1. The summed E-state index contributed by atoms with van der Waals surface area (Å²) in [7, 11) is 0. The molecule has 0 aliphatic carbocycles. The van der Waals surface area contributed by atoms with Crippen LogP contribution >= 0.6 is 0 Å². The molecule has 2 rings (SSSR count). The molecule has 0 saturated carbocycles. The Morgan fingerprint density at radius 2 is 2.00 bits per heavy atom. The topological polar surface area (TPSA) is 64.9 Å². The van der Waals surface area contributed by atoms with E-state index in [4.69, 9.17) is 11.5 Å². The Balaban J connectivity index is 2.94. The number of aromatic nitrogens is 1. The van der Waals surface area contributed by atoms with E-state index < -0.39 is 0 Å². The third kappa shape index (κ3) is 1.09. The predicted octanol–water partition coefficient (Wildman–Crippen LogP) is 1.71. The van der Waals surface area contributed by atoms with Gasteiger partial charge in [0.2, 0.25) is 0 Å². The highest BCUT2D eigenvalue weighted by molar-refractivity contribution is 5.96. The molecule has 0 unspecified atom stereocenters. The van der Waals surface area contributed by atoms with Crippen molar-refractivity contribution in [3.8, 4) is 0 Å². The summed E-state index contributed by atoms with van der Waals surface area (Å²) in [6.45, 7) is 2.00. The normalized spacial score (nSPS) is 10.5. The summed E-state index contributed by atoms with van der Waals surface area (Å²) < 4.78 is 0. The summed E-state index contributed by atoms with van der Waals surface area (Å²) in [6.07, 6.45) is 1.60. The van der Waals surface area contributed by atoms with Crippen LogP contribution in [0.4, 0.5) is 11.4 Å². The summed E-state index contributed by atoms with van der Waals surface area (Å²) in [5, 5.41) is 0.931. The van der Waals surface area contributed by atoms with Crippen LogP contribution < -0.4 is 11.5 Å². The summed E-state index contributed by atoms with van der Waals surface area (Å²) in [5.74, 6) is 0. The monoisotopic (exact) mass is 173 g/mol. The summed E-state index contributed by atoms with van der Waals surface area (Å²) in [5.41, 5.74) is 14.7. The highest BCUT2D eigenvalue weighted by atomic mass is 14.8. The van der Waals surface area contributed by atoms with Crippen molar-refractivity contribution in [3.63, 3.8) is 0 Å². The van der Waals surface area contributed by atoms with Gasteiger partial charge in [-0.2, -0.15) is 0 Å². The first-order valence-electron chi connectivity index (χ1n) is 4.09. The van der Waals surface area contributed by atoms with Gasteiger partial charge in [0.05, 0.1) is 23.1 Å². The Morgan fingerprint density at radius 3 is 2.77 bits per heavy atom. The molecule has 0 aliphatic rings. The van der Waals surface area contributed by atoms with Crippen LogP contribution in [0.3, 0.4) is 0 Å². The Kier molecular flexibility index (Phi) is 1.59. The van der Waals surface area contributed by atoms with Gasteiger partial charge in [0.25, 0.3) is 0 Å². The van der Waals surface area contributed by atoms with E-state index in [1.807, 2.05) is 25.1 Å². The molecule has 0 saturated heterocycles. The molecule has 0 aliphatic heterocycles. The number of rotatable bonds is 0. The Morgan fingerprint density at radius 1 is 1.23 bits per heavy atom. The molecule has 3 nitrogen and oxygen atoms in total. The molecule has 1 aromatic heterocycles. The van der Waals surface area contributed by atoms with Crippen LogP contribution in [0.15, 0.2) is 24.4 Å². The zero-order chi connectivity index (χ0) is 9.42. The molecular formula is C10H11N3. The molecule has 0 fully saturated rings. The Bertz CT molecular complexity index is 463. The van der Waals surface area contributed by atoms with Gasteiger partial charge in [0, 0.05) is 5.39 Å². The van der Waals surface area contributed by atoms with Crippen LogP contribution in [0.25, 0.3) is 10.9 Å². The summed E-state index contributed by atoms with van der Waals surface area (Å²) in [6, 6.07) is 5.89. The SMILES string of the molecule is Cc1cccc2c(N)c(N)cnc12. The van der Waals surface area contributed by atoms with Crippen LogP contribution in [0.1, 0.15) is 5.56 Å². The third-order valence-electron chi connectivity index (χ3n) is 2.17. The molecule has 0 bridgehead atoms. The second-order valence-electron chi connectivity index (χ2n) is 3.10. The summed E-state index contributed by atoms with van der Waals surface area (Å²) >= 11 is 0. The van der Waals surface area contributed by atoms with E-state index in [-0.39, 0.29) is 0 Å². The molecule has 0 spiro atoms. The Labute approximate surface area is 76.4 Å². The van der Waals surface area contributed by atoms with Crippen molar-refractivity contribution in [1.82, 2.24) is 4.98 Å². The predicted molar refractivity (Wildman–Crippen MR) is 55.3 cm³/mol. The fourth-order valence-electron chi connectivity index (χ4n) is 1.41. The van der Waals surface area contributed by atoms with Crippen molar-refractivity contribution in [2.45, 2.75) is 6.92 Å². The van der Waals surface area contributed by atoms with Crippen molar-refractivity contribution in [3.05, 3.63) is 30.0 Å². The van der Waals surface area contributed by atoms with Gasteiger partial charge in [-0.25, -0.2) is 0 Å². The molecule has 1 heterocycles. The number of para-hydroxylation sites is 1. The maximum atomic E-state index is 5.82. The van der Waals surface area contributed by atoms with Crippen molar-refractivity contribution in [2.75, 3.05) is 11.5 Å². The zero-order valence-electron chi connectivity index (χ0n) is 7.41. The summed E-state index contributed by atoms with van der Waals surface area (Å²) in [4.78, 5) is 4.24. The van der Waals surface area contributed by atoms with Crippen molar-refractivity contribution in [1.29, 1.82) is 0 Å². The van der Waals surface area contributed by atoms with Gasteiger partial charge in [0.15, 0.2) is 0 Å². The standard InChI is InChI=1S/C10H11N3/c1-6-3-2-4-7-9(12)8(11)5-13-10(6)7/h2-5H,11H2,1H3,(H2,12,13). The number of pyridine rings is 1. The quantitative estimate of drug-likeness (QED) is 0.637. The van der Waals surface area contributed by atoms with Crippen LogP contribution in [0.2, 0.25) is 0 Å². The second-order valence-corrected chi connectivity index (χ2v) is 3.10. The van der Waals surface area contributed by atoms with Gasteiger partial charge in [-0.1, -0.05) is 18.2 Å². The first-order chi connectivity index (χ1) is 6.20. The minimum Gasteiger partial charge on any atom is -0.396 e. The highest BCUT2D eigenvalue weighted by Gasteiger charge is 2.03. The molecule has 4 N–H and O–H groups in total. The number of hydrogen-bond donors (Lipinski definition) is 2. The number of hydrogen-bond acceptors (Lipinski definition) is 3. The molecule has 13 heavy (non-hydrogen) atoms. The van der Waals surface area contributed by atoms with Crippen molar-refractivity contribution in [2.24, 2.45) is 0 Å². The molecule has 0 amide bonds. The minimum atomic E-state index is 0.540. The van der Waals surface area contributed by atoms with E-state index >= 15 is 0 Å². The van der Waals surface area contributed by atoms with E-state index in [0.717, 1.165) is 16.5 Å². The molecule has 66 valence electrons. The maximum absolute atomic E-state index is 5.82. The van der Waals surface area contributed by atoms with Gasteiger partial charge in [-0.15, -0.1) is 0 Å². The maximum Gasteiger partial charge on any atom is 0.0753 e. The van der Waals surface area contributed by atoms with E-state index in [2.05, 4.69) is 4.98 Å². The average molecular weight is 173 g/mol. The number of nitrogen functional groups attached to an aromatic ring is 2. The van der Waals surface area contributed by atoms with Crippen LogP contribution in [-0.4, -0.2) is 4.98 Å². The average Bonchev–Trinajstić information content (AvgIpc) is 2.12. The van der Waals surface area contributed by atoms with Crippen LogP contribution in [-0.2, 0) is 0 Å². The molecule has 1 aromatic carbocycles. The van der Waals surface area contributed by atoms with Gasteiger partial charge in [-0.3, -0.25) is 4.98 Å². The van der Waals surface area contributed by atoms with E-state index in [9.17, 15) is 0 Å². The lowest BCUT2D eigenvalue weighted by atomic mass is 10.1. The van der Waals surface area contributed by atoms with E-state index in [0.29, 0.717) is 11.4 Å². The van der Waals surface area contributed by atoms with Crippen molar-refractivity contribution >= 4 is 22.3 Å². The molecule has 3 heteroatoms. The molecule has 0 radical (unpaired) electrons. The molecule has 0 atom stereocenters. The van der Waals surface area contributed by atoms with E-state index in [1.54, 1.807) is 6.20 Å². The number of anilines is 2. The van der Waals surface area contributed by atoms with Gasteiger partial charge in [-0.05, 0) is 12.5 Å². The number of nitrogens with zero attached hydrogens (tertiary/aromatic N) is 1. The van der Waals surface area contributed by atoms with Gasteiger partial charge >= 0.3 is 0 Å². The largest absolute Gasteiger partial charge is 0.396 e. The van der Waals surface area contributed by atoms with Crippen LogP contribution in [0, 0.1) is 6.92 Å². The number of aryl methyl sites for hydroxylation is 1. The third-order valence-corrected chi connectivity index (χ3v) is 2.17. The number of nitrogens with two attached hydrogens (primary N) is 2. The van der Waals surface area contributed by atoms with Gasteiger partial charge in [0.1, 0.15) is 0 Å². The smallest absolute Gasteiger partial charge is 0.0753 e. The van der Waals surface area contributed by atoms with Gasteiger partial charge < -0.3 is 11.5 Å². The second kappa shape index (κ2) is 2.62. The van der Waals surface area contributed by atoms with E-state index in [1.165, 1.54) is 0 Å². The first kappa shape index (κ1) is 7.86. The number of benzene rings is 1.